The van der Waals surface area contributed by atoms with E-state index in [9.17, 15) is 13.6 Å². The van der Waals surface area contributed by atoms with Gasteiger partial charge >= 0.3 is 0 Å². The number of carbonyl (C=O) groups is 2. The Hall–Kier alpha value is -2.78. The molecule has 0 spiro atoms. The molecule has 1 saturated carbocycles. The van der Waals surface area contributed by atoms with Crippen molar-refractivity contribution in [2.45, 2.75) is 26.7 Å². The van der Waals surface area contributed by atoms with Gasteiger partial charge in [-0.1, -0.05) is 18.5 Å². The molecule has 1 aliphatic carbocycles. The largest absolute Gasteiger partial charge is 0.491 e. The number of carbonyl (C=O) groups excluding carboxylic acids is 2. The molecule has 1 aromatic carbocycles. The summed E-state index contributed by atoms with van der Waals surface area (Å²) in [5, 5.41) is 3.27. The van der Waals surface area contributed by atoms with Gasteiger partial charge in [0.1, 0.15) is 23.9 Å². The number of nitrogens with one attached hydrogen (secondary N) is 1. The second-order valence-corrected chi connectivity index (χ2v) is 8.15. The van der Waals surface area contributed by atoms with E-state index < -0.39 is 11.8 Å². The molecule has 0 aliphatic heterocycles. The molecular weight excluding hydrogens is 456 g/mol. The molecule has 1 fully saturated rings. The number of rotatable bonds is 8. The minimum absolute atomic E-state index is 0.0356. The molecule has 1 aliphatic rings. The van der Waals surface area contributed by atoms with E-state index in [4.69, 9.17) is 25.9 Å². The topological polar surface area (TPSA) is 104 Å². The van der Waals surface area contributed by atoms with Crippen LogP contribution in [0.25, 0.3) is 0 Å². The first-order chi connectivity index (χ1) is 15.7. The van der Waals surface area contributed by atoms with Crippen LogP contribution in [0.15, 0.2) is 30.3 Å². The molecule has 2 aromatic rings. The first-order valence-electron chi connectivity index (χ1n) is 10.3. The first-order valence-corrected chi connectivity index (χ1v) is 10.7. The maximum atomic E-state index is 12.9. The van der Waals surface area contributed by atoms with Gasteiger partial charge in [-0.2, -0.15) is 4.39 Å². The maximum absolute atomic E-state index is 12.9. The Morgan fingerprint density at radius 1 is 1.24 bits per heavy atom. The molecule has 10 heteroatoms. The van der Waals surface area contributed by atoms with Gasteiger partial charge in [0.15, 0.2) is 6.29 Å². The monoisotopic (exact) mass is 485 g/mol. The van der Waals surface area contributed by atoms with Crippen molar-refractivity contribution in [1.82, 2.24) is 10.3 Å². The van der Waals surface area contributed by atoms with Crippen molar-refractivity contribution in [2.75, 3.05) is 26.8 Å². The van der Waals surface area contributed by atoms with Crippen LogP contribution in [0.1, 0.15) is 25.5 Å². The third kappa shape index (κ3) is 9.71. The summed E-state index contributed by atoms with van der Waals surface area (Å²) in [5.74, 6) is 0.743. The van der Waals surface area contributed by atoms with Crippen molar-refractivity contribution in [1.29, 1.82) is 0 Å². The molecule has 3 N–H and O–H groups in total. The quantitative estimate of drug-likeness (QED) is 0.436. The number of hydrogen-bond donors (Lipinski definition) is 2. The number of aryl methyl sites for hydroxylation is 1. The van der Waals surface area contributed by atoms with Crippen LogP contribution in [0.5, 0.6) is 11.5 Å². The smallest absolute Gasteiger partial charge is 0.213 e. The summed E-state index contributed by atoms with van der Waals surface area (Å²) < 4.78 is 36.3. The van der Waals surface area contributed by atoms with Crippen molar-refractivity contribution >= 4 is 24.3 Å². The molecule has 1 amide bonds. The lowest BCUT2D eigenvalue weighted by Gasteiger charge is -2.46. The van der Waals surface area contributed by atoms with Gasteiger partial charge in [-0.25, -0.2) is 9.37 Å². The summed E-state index contributed by atoms with van der Waals surface area (Å²) in [4.78, 5) is 22.2. The zero-order valence-electron chi connectivity index (χ0n) is 18.9. The average molecular weight is 486 g/mol. The number of primary amides is 1. The molecule has 0 saturated heterocycles. The zero-order valence-corrected chi connectivity index (χ0v) is 19.7. The molecule has 7 nitrogen and oxygen atoms in total. The number of aromatic nitrogens is 1. The Balaban J connectivity index is 0.000000314. The predicted molar refractivity (Wildman–Crippen MR) is 122 cm³/mol. The van der Waals surface area contributed by atoms with Crippen LogP contribution in [-0.2, 0) is 9.59 Å². The van der Waals surface area contributed by atoms with Crippen LogP contribution < -0.4 is 20.5 Å². The molecule has 0 bridgehead atoms. The Kier molecular flexibility index (Phi) is 12.3. The van der Waals surface area contributed by atoms with E-state index in [1.807, 2.05) is 7.05 Å². The van der Waals surface area contributed by atoms with Gasteiger partial charge in [-0.3, -0.25) is 9.59 Å². The predicted octanol–water partition coefficient (Wildman–Crippen LogP) is 3.70. The highest BCUT2D eigenvalue weighted by molar-refractivity contribution is 6.30. The normalized spacial score (nSPS) is 18.4. The highest BCUT2D eigenvalue weighted by atomic mass is 35.5. The van der Waals surface area contributed by atoms with Crippen LogP contribution in [0.4, 0.5) is 8.78 Å². The third-order valence-electron chi connectivity index (χ3n) is 4.86. The number of benzene rings is 1. The highest BCUT2D eigenvalue weighted by Crippen LogP contribution is 2.45. The summed E-state index contributed by atoms with van der Waals surface area (Å²) in [6.45, 7) is 5.59. The maximum Gasteiger partial charge on any atom is 0.213 e. The van der Waals surface area contributed by atoms with Crippen LogP contribution in [0, 0.1) is 30.0 Å². The summed E-state index contributed by atoms with van der Waals surface area (Å²) in [5.41, 5.74) is 5.01. The lowest BCUT2D eigenvalue weighted by molar-refractivity contribution is -0.109. The Bertz CT molecular complexity index is 890. The third-order valence-corrected chi connectivity index (χ3v) is 5.17. The summed E-state index contributed by atoms with van der Waals surface area (Å²) in [7, 11) is 1.97. The molecule has 1 heterocycles. The lowest BCUT2D eigenvalue weighted by Crippen LogP contribution is -2.47. The van der Waals surface area contributed by atoms with Crippen LogP contribution in [-0.4, -0.2) is 44.5 Å². The van der Waals surface area contributed by atoms with Gasteiger partial charge in [0.2, 0.25) is 12.4 Å². The number of nitrogens with two attached hydrogens (primary N) is 1. The van der Waals surface area contributed by atoms with Crippen molar-refractivity contribution in [3.05, 3.63) is 52.8 Å². The van der Waals surface area contributed by atoms with Gasteiger partial charge in [-0.05, 0) is 57.0 Å². The van der Waals surface area contributed by atoms with E-state index in [1.54, 1.807) is 13.0 Å². The number of amides is 1. The molecule has 0 atom stereocenters. The summed E-state index contributed by atoms with van der Waals surface area (Å²) in [6.07, 6.45) is 3.20. The number of hydrogen-bond acceptors (Lipinski definition) is 6. The van der Waals surface area contributed by atoms with Gasteiger partial charge in [0.25, 0.3) is 0 Å². The van der Waals surface area contributed by atoms with Crippen LogP contribution in [0.3, 0.4) is 0 Å². The molecule has 33 heavy (non-hydrogen) atoms. The Labute approximate surface area is 197 Å². The second-order valence-electron chi connectivity index (χ2n) is 7.74. The van der Waals surface area contributed by atoms with E-state index in [-0.39, 0.29) is 23.5 Å². The van der Waals surface area contributed by atoms with Gasteiger partial charge in [0, 0.05) is 18.0 Å². The van der Waals surface area contributed by atoms with E-state index in [0.717, 1.165) is 18.5 Å². The molecule has 3 rings (SSSR count). The number of ether oxygens (including phenoxy) is 2. The summed E-state index contributed by atoms with van der Waals surface area (Å²) >= 11 is 5.41. The second kappa shape index (κ2) is 14.4. The SMILES string of the molecule is CNCC1(COc2ccc(F)nc2C)CC(C)C1.NC=O.O=CCOc1ccc(Cl)c(F)c1. The molecular formula is C23H30ClF2N3O4. The van der Waals surface area contributed by atoms with E-state index in [2.05, 4.69) is 23.0 Å². The van der Waals surface area contributed by atoms with Crippen LogP contribution >= 0.6 is 11.6 Å². The highest BCUT2D eigenvalue weighted by Gasteiger charge is 2.42. The fourth-order valence-corrected chi connectivity index (χ4v) is 3.82. The van der Waals surface area contributed by atoms with E-state index >= 15 is 0 Å². The van der Waals surface area contributed by atoms with Crippen molar-refractivity contribution in [2.24, 2.45) is 17.1 Å². The minimum atomic E-state index is -0.555. The van der Waals surface area contributed by atoms with Crippen molar-refractivity contribution in [3.63, 3.8) is 0 Å². The molecule has 182 valence electrons. The van der Waals surface area contributed by atoms with Crippen molar-refractivity contribution in [3.8, 4) is 11.5 Å². The van der Waals surface area contributed by atoms with Gasteiger partial charge in [0.05, 0.1) is 17.3 Å². The van der Waals surface area contributed by atoms with Gasteiger partial charge in [-0.15, -0.1) is 0 Å². The minimum Gasteiger partial charge on any atom is -0.491 e. The zero-order chi connectivity index (χ0) is 24.9. The van der Waals surface area contributed by atoms with Crippen LogP contribution in [0.2, 0.25) is 5.02 Å². The molecule has 0 unspecified atom stereocenters. The Morgan fingerprint density at radius 2 is 1.91 bits per heavy atom. The summed E-state index contributed by atoms with van der Waals surface area (Å²) in [6, 6.07) is 7.00. The molecule has 1 aromatic heterocycles. The van der Waals surface area contributed by atoms with Gasteiger partial charge < -0.3 is 20.5 Å². The standard InChI is InChI=1S/C14H21FN2O.C8H6ClFO2.CH3NO/c1-10-6-14(7-10,8-16-3)9-18-12-4-5-13(15)17-11(12)2;9-7-2-1-6(5-8(7)10)12-4-3-11;2-1-3/h4-5,10,16H,6-9H2,1-3H3;1-3,5H,4H2;1H,(H2,2,3). The first kappa shape index (κ1) is 28.3. The number of pyridine rings is 1. The average Bonchev–Trinajstić information content (AvgIpc) is 2.74. The molecule has 0 radical (unpaired) electrons. The Morgan fingerprint density at radius 3 is 2.42 bits per heavy atom. The lowest BCUT2D eigenvalue weighted by atomic mass is 9.63. The number of aldehydes is 1. The fourth-order valence-electron chi connectivity index (χ4n) is 3.70. The van der Waals surface area contributed by atoms with Crippen molar-refractivity contribution < 1.29 is 27.8 Å². The fraction of sp³-hybridized carbons (Fsp3) is 0.435. The van der Waals surface area contributed by atoms with E-state index in [1.165, 1.54) is 31.0 Å². The van der Waals surface area contributed by atoms with E-state index in [0.29, 0.717) is 30.1 Å². The number of halogens is 3. The number of nitrogens with zero attached hydrogens (tertiary/aromatic N) is 1.